The number of nitrogen functional groups attached to an aromatic ring is 1. The van der Waals surface area contributed by atoms with Gasteiger partial charge in [-0.25, -0.2) is 0 Å². The average molecular weight is 274 g/mol. The predicted molar refractivity (Wildman–Crippen MR) is 76.8 cm³/mol. The Labute approximate surface area is 117 Å². The van der Waals surface area contributed by atoms with Crippen LogP contribution in [0.1, 0.15) is 23.0 Å². The molecule has 0 radical (unpaired) electrons. The van der Waals surface area contributed by atoms with Gasteiger partial charge in [0.15, 0.2) is 0 Å². The summed E-state index contributed by atoms with van der Waals surface area (Å²) in [5.74, 6) is 1.28. The van der Waals surface area contributed by atoms with Gasteiger partial charge in [-0.15, -0.1) is 0 Å². The highest BCUT2D eigenvalue weighted by atomic mass is 16.5. The van der Waals surface area contributed by atoms with Crippen LogP contribution in [0.15, 0.2) is 41.0 Å². The average Bonchev–Trinajstić information content (AvgIpc) is 2.94. The lowest BCUT2D eigenvalue weighted by molar-refractivity contribution is 0.0953. The number of nitrogens with one attached hydrogen (secondary N) is 1. The summed E-state index contributed by atoms with van der Waals surface area (Å²) < 4.78 is 10.5. The summed E-state index contributed by atoms with van der Waals surface area (Å²) in [6.45, 7) is 2.94. The van der Waals surface area contributed by atoms with Crippen LogP contribution in [0.3, 0.4) is 0 Å². The van der Waals surface area contributed by atoms with E-state index in [-0.39, 0.29) is 5.91 Å². The Hall–Kier alpha value is -2.43. The molecule has 1 heterocycles. The molecule has 0 saturated heterocycles. The van der Waals surface area contributed by atoms with Gasteiger partial charge >= 0.3 is 0 Å². The molecule has 0 fully saturated rings. The highest BCUT2D eigenvalue weighted by molar-refractivity contribution is 5.95. The molecular formula is C15H18N2O3. The van der Waals surface area contributed by atoms with Crippen molar-refractivity contribution in [1.82, 2.24) is 5.32 Å². The van der Waals surface area contributed by atoms with E-state index in [0.29, 0.717) is 36.6 Å². The second-order valence-corrected chi connectivity index (χ2v) is 4.27. The maximum absolute atomic E-state index is 12.0. The smallest absolute Gasteiger partial charge is 0.251 e. The fraction of sp³-hybridized carbons (Fsp3) is 0.267. The van der Waals surface area contributed by atoms with Crippen LogP contribution in [0.2, 0.25) is 0 Å². The number of rotatable bonds is 6. The maximum Gasteiger partial charge on any atom is 0.251 e. The second kappa shape index (κ2) is 6.65. The molecule has 0 unspecified atom stereocenters. The maximum atomic E-state index is 12.0. The van der Waals surface area contributed by atoms with Gasteiger partial charge in [-0.1, -0.05) is 0 Å². The number of anilines is 1. The van der Waals surface area contributed by atoms with Crippen molar-refractivity contribution in [3.63, 3.8) is 0 Å². The molecule has 0 bridgehead atoms. The van der Waals surface area contributed by atoms with Gasteiger partial charge in [0.05, 0.1) is 18.6 Å². The van der Waals surface area contributed by atoms with Gasteiger partial charge in [0.1, 0.15) is 11.5 Å². The summed E-state index contributed by atoms with van der Waals surface area (Å²) in [6, 6.07) is 8.72. The van der Waals surface area contributed by atoms with E-state index in [0.717, 1.165) is 5.76 Å². The lowest BCUT2D eigenvalue weighted by atomic mass is 10.1. The summed E-state index contributed by atoms with van der Waals surface area (Å²) in [7, 11) is 0. The number of furan rings is 1. The van der Waals surface area contributed by atoms with Crippen LogP contribution >= 0.6 is 0 Å². The third kappa shape index (κ3) is 3.54. The second-order valence-electron chi connectivity index (χ2n) is 4.27. The molecule has 3 N–H and O–H groups in total. The molecule has 2 aromatic rings. The Morgan fingerprint density at radius 3 is 2.90 bits per heavy atom. The molecule has 0 aliphatic carbocycles. The van der Waals surface area contributed by atoms with Crippen molar-refractivity contribution >= 4 is 11.6 Å². The topological polar surface area (TPSA) is 77.5 Å². The monoisotopic (exact) mass is 274 g/mol. The van der Waals surface area contributed by atoms with Crippen LogP contribution in [0, 0.1) is 0 Å². The molecule has 1 amide bonds. The zero-order valence-corrected chi connectivity index (χ0v) is 11.4. The number of carbonyl (C=O) groups excluding carboxylic acids is 1. The van der Waals surface area contributed by atoms with Crippen molar-refractivity contribution in [1.29, 1.82) is 0 Å². The van der Waals surface area contributed by atoms with Crippen LogP contribution in [0.5, 0.6) is 5.75 Å². The third-order valence-corrected chi connectivity index (χ3v) is 2.81. The first kappa shape index (κ1) is 14.0. The quantitative estimate of drug-likeness (QED) is 0.792. The van der Waals surface area contributed by atoms with E-state index in [1.165, 1.54) is 0 Å². The zero-order chi connectivity index (χ0) is 14.4. The number of carbonyl (C=O) groups is 1. The fourth-order valence-electron chi connectivity index (χ4n) is 1.83. The predicted octanol–water partition coefficient (Wildman–Crippen LogP) is 2.23. The van der Waals surface area contributed by atoms with Crippen LogP contribution in [0.25, 0.3) is 0 Å². The highest BCUT2D eigenvalue weighted by Crippen LogP contribution is 2.22. The molecule has 0 aliphatic heterocycles. The minimum absolute atomic E-state index is 0.161. The minimum atomic E-state index is -0.161. The SMILES string of the molecule is CCOc1ccc(C(=O)NCCc2ccco2)cc1N. The van der Waals surface area contributed by atoms with E-state index in [9.17, 15) is 4.79 Å². The fourth-order valence-corrected chi connectivity index (χ4v) is 1.83. The first-order valence-corrected chi connectivity index (χ1v) is 6.53. The molecule has 20 heavy (non-hydrogen) atoms. The Morgan fingerprint density at radius 2 is 2.25 bits per heavy atom. The van der Waals surface area contributed by atoms with Crippen molar-refractivity contribution in [3.8, 4) is 5.75 Å². The largest absolute Gasteiger partial charge is 0.492 e. The molecule has 5 nitrogen and oxygen atoms in total. The van der Waals surface area contributed by atoms with E-state index < -0.39 is 0 Å². The number of benzene rings is 1. The van der Waals surface area contributed by atoms with Crippen LogP contribution in [-0.4, -0.2) is 19.1 Å². The van der Waals surface area contributed by atoms with Crippen molar-refractivity contribution in [2.24, 2.45) is 0 Å². The summed E-state index contributed by atoms with van der Waals surface area (Å²) in [5, 5.41) is 2.82. The zero-order valence-electron chi connectivity index (χ0n) is 11.4. The van der Waals surface area contributed by atoms with Crippen molar-refractivity contribution in [3.05, 3.63) is 47.9 Å². The number of ether oxygens (including phenoxy) is 1. The van der Waals surface area contributed by atoms with Crippen molar-refractivity contribution in [2.75, 3.05) is 18.9 Å². The first-order valence-electron chi connectivity index (χ1n) is 6.53. The third-order valence-electron chi connectivity index (χ3n) is 2.81. The van der Waals surface area contributed by atoms with E-state index in [1.54, 1.807) is 24.5 Å². The number of nitrogens with two attached hydrogens (primary N) is 1. The molecule has 0 aliphatic rings. The van der Waals surface area contributed by atoms with E-state index >= 15 is 0 Å². The summed E-state index contributed by atoms with van der Waals surface area (Å²) in [6.07, 6.45) is 2.27. The molecular weight excluding hydrogens is 256 g/mol. The Morgan fingerprint density at radius 1 is 1.40 bits per heavy atom. The Bertz CT molecular complexity index is 565. The molecule has 0 atom stereocenters. The van der Waals surface area contributed by atoms with E-state index in [1.807, 2.05) is 19.1 Å². The van der Waals surface area contributed by atoms with Crippen LogP contribution < -0.4 is 15.8 Å². The Kier molecular flexibility index (Phi) is 4.65. The normalized spacial score (nSPS) is 10.2. The molecule has 5 heteroatoms. The van der Waals surface area contributed by atoms with Gasteiger partial charge in [0, 0.05) is 18.5 Å². The van der Waals surface area contributed by atoms with Gasteiger partial charge in [-0.3, -0.25) is 4.79 Å². The van der Waals surface area contributed by atoms with Crippen molar-refractivity contribution in [2.45, 2.75) is 13.3 Å². The van der Waals surface area contributed by atoms with E-state index in [2.05, 4.69) is 5.32 Å². The van der Waals surface area contributed by atoms with Gasteiger partial charge in [-0.2, -0.15) is 0 Å². The summed E-state index contributed by atoms with van der Waals surface area (Å²) in [5.41, 5.74) is 6.81. The summed E-state index contributed by atoms with van der Waals surface area (Å²) in [4.78, 5) is 12.0. The molecule has 1 aromatic heterocycles. The molecule has 1 aromatic carbocycles. The van der Waals surface area contributed by atoms with Gasteiger partial charge in [0.2, 0.25) is 0 Å². The van der Waals surface area contributed by atoms with Crippen LogP contribution in [0.4, 0.5) is 5.69 Å². The standard InChI is InChI=1S/C15H18N2O3/c1-2-19-14-6-5-11(10-13(14)16)15(18)17-8-7-12-4-3-9-20-12/h3-6,9-10H,2,7-8,16H2,1H3,(H,17,18). The number of hydrogen-bond acceptors (Lipinski definition) is 4. The number of hydrogen-bond donors (Lipinski definition) is 2. The van der Waals surface area contributed by atoms with Gasteiger partial charge < -0.3 is 20.2 Å². The molecule has 0 spiro atoms. The summed E-state index contributed by atoms with van der Waals surface area (Å²) >= 11 is 0. The minimum Gasteiger partial charge on any atom is -0.492 e. The lowest BCUT2D eigenvalue weighted by Gasteiger charge is -2.09. The Balaban J connectivity index is 1.90. The molecule has 0 saturated carbocycles. The lowest BCUT2D eigenvalue weighted by Crippen LogP contribution is -2.25. The molecule has 2 rings (SSSR count). The molecule has 106 valence electrons. The van der Waals surface area contributed by atoms with Crippen LogP contribution in [-0.2, 0) is 6.42 Å². The first-order chi connectivity index (χ1) is 9.70. The van der Waals surface area contributed by atoms with Gasteiger partial charge in [-0.05, 0) is 37.3 Å². The highest BCUT2D eigenvalue weighted by Gasteiger charge is 2.08. The van der Waals surface area contributed by atoms with E-state index in [4.69, 9.17) is 14.9 Å². The number of amides is 1. The van der Waals surface area contributed by atoms with Crippen molar-refractivity contribution < 1.29 is 13.9 Å². The van der Waals surface area contributed by atoms with Gasteiger partial charge in [0.25, 0.3) is 5.91 Å².